The highest BCUT2D eigenvalue weighted by Crippen LogP contribution is 2.12. The first-order valence-electron chi connectivity index (χ1n) is 7.00. The van der Waals surface area contributed by atoms with Crippen molar-refractivity contribution >= 4 is 6.09 Å². The summed E-state index contributed by atoms with van der Waals surface area (Å²) in [4.78, 5) is 16.0. The summed E-state index contributed by atoms with van der Waals surface area (Å²) in [6, 6.07) is 0. The van der Waals surface area contributed by atoms with Crippen LogP contribution in [-0.2, 0) is 4.74 Å². The molecule has 0 bridgehead atoms. The summed E-state index contributed by atoms with van der Waals surface area (Å²) >= 11 is 0. The zero-order valence-electron chi connectivity index (χ0n) is 12.9. The van der Waals surface area contributed by atoms with E-state index in [1.807, 2.05) is 32.9 Å². The molecule has 0 aromatic heterocycles. The predicted molar refractivity (Wildman–Crippen MR) is 82.7 cm³/mol. The van der Waals surface area contributed by atoms with Crippen LogP contribution in [0.15, 0.2) is 37.0 Å². The third kappa shape index (κ3) is 5.61. The average Bonchev–Trinajstić information content (AvgIpc) is 2.37. The standard InChI is InChI=1S/C16H26N2O2/c1-6-8-14(7-2)13-17-9-11-18(12-10-17)15(19)20-16(3,4)5/h6-8H,1-2,9-13H2,3-5H3. The Kier molecular flexibility index (Phi) is 6.02. The minimum Gasteiger partial charge on any atom is -0.444 e. The van der Waals surface area contributed by atoms with Crippen molar-refractivity contribution in [3.05, 3.63) is 37.0 Å². The number of amides is 1. The first-order valence-corrected chi connectivity index (χ1v) is 7.00. The third-order valence-electron chi connectivity index (χ3n) is 3.02. The van der Waals surface area contributed by atoms with E-state index < -0.39 is 5.60 Å². The second kappa shape index (κ2) is 7.29. The summed E-state index contributed by atoms with van der Waals surface area (Å²) in [5.74, 6) is 0. The molecule has 0 unspecified atom stereocenters. The molecule has 0 radical (unpaired) electrons. The molecule has 0 N–H and O–H groups in total. The summed E-state index contributed by atoms with van der Waals surface area (Å²) in [6.07, 6.45) is 5.37. The summed E-state index contributed by atoms with van der Waals surface area (Å²) < 4.78 is 5.38. The summed E-state index contributed by atoms with van der Waals surface area (Å²) in [6.45, 7) is 17.1. The average molecular weight is 278 g/mol. The van der Waals surface area contributed by atoms with Crippen LogP contribution in [0, 0.1) is 0 Å². The number of nitrogens with zero attached hydrogens (tertiary/aromatic N) is 2. The molecule has 1 rings (SSSR count). The van der Waals surface area contributed by atoms with Crippen LogP contribution in [0.2, 0.25) is 0 Å². The Morgan fingerprint density at radius 2 is 1.80 bits per heavy atom. The first kappa shape index (κ1) is 16.5. The molecule has 4 nitrogen and oxygen atoms in total. The monoisotopic (exact) mass is 278 g/mol. The SMILES string of the molecule is C=CC=C(C=C)CN1CCN(C(=O)OC(C)(C)C)CC1. The summed E-state index contributed by atoms with van der Waals surface area (Å²) in [5.41, 5.74) is 0.711. The highest BCUT2D eigenvalue weighted by atomic mass is 16.6. The Labute approximate surface area is 122 Å². The van der Waals surface area contributed by atoms with Gasteiger partial charge in [-0.1, -0.05) is 31.4 Å². The van der Waals surface area contributed by atoms with Gasteiger partial charge in [0, 0.05) is 32.7 Å². The third-order valence-corrected chi connectivity index (χ3v) is 3.02. The number of carbonyl (C=O) groups excluding carboxylic acids is 1. The van der Waals surface area contributed by atoms with E-state index in [9.17, 15) is 4.79 Å². The van der Waals surface area contributed by atoms with Crippen LogP contribution in [0.3, 0.4) is 0 Å². The molecule has 20 heavy (non-hydrogen) atoms. The number of piperazine rings is 1. The van der Waals surface area contributed by atoms with Crippen LogP contribution in [0.5, 0.6) is 0 Å². The maximum Gasteiger partial charge on any atom is 0.410 e. The highest BCUT2D eigenvalue weighted by Gasteiger charge is 2.25. The molecule has 1 aliphatic heterocycles. The molecule has 0 aromatic carbocycles. The van der Waals surface area contributed by atoms with E-state index in [1.165, 1.54) is 0 Å². The fourth-order valence-corrected chi connectivity index (χ4v) is 2.01. The number of rotatable bonds is 4. The van der Waals surface area contributed by atoms with Gasteiger partial charge in [0.15, 0.2) is 0 Å². The largest absolute Gasteiger partial charge is 0.444 e. The molecule has 0 atom stereocenters. The topological polar surface area (TPSA) is 32.8 Å². The zero-order valence-corrected chi connectivity index (χ0v) is 12.9. The Morgan fingerprint density at radius 3 is 2.25 bits per heavy atom. The van der Waals surface area contributed by atoms with Crippen molar-refractivity contribution in [1.82, 2.24) is 9.80 Å². The van der Waals surface area contributed by atoms with E-state index in [-0.39, 0.29) is 6.09 Å². The molecule has 1 aliphatic rings. The number of carbonyl (C=O) groups is 1. The van der Waals surface area contributed by atoms with Gasteiger partial charge in [-0.05, 0) is 26.3 Å². The van der Waals surface area contributed by atoms with Gasteiger partial charge in [-0.15, -0.1) is 0 Å². The van der Waals surface area contributed by atoms with Crippen LogP contribution < -0.4 is 0 Å². The van der Waals surface area contributed by atoms with Gasteiger partial charge < -0.3 is 9.64 Å². The van der Waals surface area contributed by atoms with Gasteiger partial charge in [0.05, 0.1) is 0 Å². The Morgan fingerprint density at radius 1 is 1.20 bits per heavy atom. The van der Waals surface area contributed by atoms with Crippen molar-refractivity contribution in [2.75, 3.05) is 32.7 Å². The molecule has 1 fully saturated rings. The number of hydrogen-bond donors (Lipinski definition) is 0. The first-order chi connectivity index (χ1) is 9.35. The highest BCUT2D eigenvalue weighted by molar-refractivity contribution is 5.68. The lowest BCUT2D eigenvalue weighted by Gasteiger charge is -2.35. The molecular weight excluding hydrogens is 252 g/mol. The molecule has 1 heterocycles. The second-order valence-electron chi connectivity index (χ2n) is 5.92. The molecular formula is C16H26N2O2. The van der Waals surface area contributed by atoms with Crippen LogP contribution >= 0.6 is 0 Å². The fourth-order valence-electron chi connectivity index (χ4n) is 2.01. The summed E-state index contributed by atoms with van der Waals surface area (Å²) in [7, 11) is 0. The number of allylic oxidation sites excluding steroid dienone is 2. The smallest absolute Gasteiger partial charge is 0.410 e. The minimum absolute atomic E-state index is 0.220. The van der Waals surface area contributed by atoms with Gasteiger partial charge in [-0.2, -0.15) is 0 Å². The Hall–Kier alpha value is -1.55. The van der Waals surface area contributed by atoms with Gasteiger partial charge in [-0.25, -0.2) is 4.79 Å². The van der Waals surface area contributed by atoms with Gasteiger partial charge in [0.25, 0.3) is 0 Å². The van der Waals surface area contributed by atoms with Crippen molar-refractivity contribution in [3.8, 4) is 0 Å². The quantitative estimate of drug-likeness (QED) is 0.741. The van der Waals surface area contributed by atoms with Gasteiger partial charge in [-0.3, -0.25) is 4.90 Å². The van der Waals surface area contributed by atoms with Gasteiger partial charge in [0.2, 0.25) is 0 Å². The molecule has 112 valence electrons. The molecule has 0 saturated carbocycles. The Balaban J connectivity index is 2.44. The van der Waals surface area contributed by atoms with E-state index in [0.717, 1.165) is 25.2 Å². The predicted octanol–water partition coefficient (Wildman–Crippen LogP) is 2.84. The molecule has 1 saturated heterocycles. The van der Waals surface area contributed by atoms with Crippen molar-refractivity contribution in [2.24, 2.45) is 0 Å². The summed E-state index contributed by atoms with van der Waals surface area (Å²) in [5, 5.41) is 0. The van der Waals surface area contributed by atoms with Crippen molar-refractivity contribution in [2.45, 2.75) is 26.4 Å². The zero-order chi connectivity index (χ0) is 15.2. The Bertz CT molecular complexity index is 386. The second-order valence-corrected chi connectivity index (χ2v) is 5.92. The number of ether oxygens (including phenoxy) is 1. The van der Waals surface area contributed by atoms with Crippen LogP contribution in [0.4, 0.5) is 4.79 Å². The van der Waals surface area contributed by atoms with Crippen LogP contribution in [0.25, 0.3) is 0 Å². The van der Waals surface area contributed by atoms with E-state index in [1.54, 1.807) is 11.0 Å². The lowest BCUT2D eigenvalue weighted by molar-refractivity contribution is 0.0153. The normalized spacial score (nSPS) is 17.8. The molecule has 0 aromatic rings. The lowest BCUT2D eigenvalue weighted by atomic mass is 10.2. The fraction of sp³-hybridized carbons (Fsp3) is 0.562. The van der Waals surface area contributed by atoms with Crippen molar-refractivity contribution < 1.29 is 9.53 Å². The maximum absolute atomic E-state index is 11.9. The lowest BCUT2D eigenvalue weighted by Crippen LogP contribution is -2.50. The van der Waals surface area contributed by atoms with E-state index in [0.29, 0.717) is 13.1 Å². The molecule has 1 amide bonds. The molecule has 0 spiro atoms. The van der Waals surface area contributed by atoms with E-state index in [2.05, 4.69) is 18.1 Å². The molecule has 0 aliphatic carbocycles. The van der Waals surface area contributed by atoms with Crippen molar-refractivity contribution in [3.63, 3.8) is 0 Å². The van der Waals surface area contributed by atoms with E-state index >= 15 is 0 Å². The van der Waals surface area contributed by atoms with Gasteiger partial charge >= 0.3 is 6.09 Å². The van der Waals surface area contributed by atoms with E-state index in [4.69, 9.17) is 4.74 Å². The van der Waals surface area contributed by atoms with Crippen molar-refractivity contribution in [1.29, 1.82) is 0 Å². The minimum atomic E-state index is -0.434. The number of hydrogen-bond acceptors (Lipinski definition) is 3. The van der Waals surface area contributed by atoms with Gasteiger partial charge in [0.1, 0.15) is 5.60 Å². The molecule has 4 heteroatoms. The van der Waals surface area contributed by atoms with Crippen LogP contribution in [0.1, 0.15) is 20.8 Å². The maximum atomic E-state index is 11.9. The van der Waals surface area contributed by atoms with Crippen LogP contribution in [-0.4, -0.2) is 54.2 Å².